The van der Waals surface area contributed by atoms with E-state index in [-0.39, 0.29) is 0 Å². The van der Waals surface area contributed by atoms with E-state index in [0.717, 1.165) is 12.6 Å². The zero-order valence-corrected chi connectivity index (χ0v) is 5.13. The molecule has 46 valence electrons. The molecule has 2 saturated heterocycles. The number of hydrogen-bond donors (Lipinski definition) is 0. The number of fused-ring (bicyclic) bond motifs is 1. The van der Waals surface area contributed by atoms with E-state index in [9.17, 15) is 0 Å². The van der Waals surface area contributed by atoms with Gasteiger partial charge in [-0.25, -0.2) is 0 Å². The van der Waals surface area contributed by atoms with Crippen LogP contribution in [0.5, 0.6) is 0 Å². The van der Waals surface area contributed by atoms with Crippen LogP contribution >= 0.6 is 0 Å². The highest BCUT2D eigenvalue weighted by molar-refractivity contribution is 4.94. The van der Waals surface area contributed by atoms with Gasteiger partial charge in [-0.1, -0.05) is 0 Å². The molecule has 2 aliphatic heterocycles. The first-order valence-corrected chi connectivity index (χ1v) is 3.23. The summed E-state index contributed by atoms with van der Waals surface area (Å²) in [7, 11) is 2.13. The minimum Gasteiger partial charge on any atom is -0.361 e. The van der Waals surface area contributed by atoms with Crippen LogP contribution in [-0.2, 0) is 4.74 Å². The molecule has 2 nitrogen and oxygen atoms in total. The molecule has 0 aliphatic carbocycles. The van der Waals surface area contributed by atoms with Crippen LogP contribution in [0.4, 0.5) is 0 Å². The molecule has 0 N–H and O–H groups in total. The Kier molecular flexibility index (Phi) is 0.866. The van der Waals surface area contributed by atoms with E-state index in [4.69, 9.17) is 4.74 Å². The molecule has 0 aromatic rings. The van der Waals surface area contributed by atoms with Gasteiger partial charge in [-0.15, -0.1) is 0 Å². The molecule has 0 amide bonds. The summed E-state index contributed by atoms with van der Waals surface area (Å²) in [5.41, 5.74) is 0. The van der Waals surface area contributed by atoms with Crippen LogP contribution in [0.2, 0.25) is 0 Å². The average Bonchev–Trinajstić information content (AvgIpc) is 2.46. The SMILES string of the molecule is CN1C2CCCOC21. The molecule has 0 aromatic heterocycles. The second kappa shape index (κ2) is 1.45. The highest BCUT2D eigenvalue weighted by Gasteiger charge is 2.46. The predicted octanol–water partition coefficient (Wildman–Crippen LogP) is 0.437. The van der Waals surface area contributed by atoms with Crippen molar-refractivity contribution in [1.29, 1.82) is 0 Å². The van der Waals surface area contributed by atoms with Gasteiger partial charge in [0, 0.05) is 6.61 Å². The Bertz CT molecular complexity index is 92.7. The van der Waals surface area contributed by atoms with Gasteiger partial charge in [0.2, 0.25) is 0 Å². The van der Waals surface area contributed by atoms with E-state index in [1.165, 1.54) is 12.8 Å². The molecule has 2 heterocycles. The van der Waals surface area contributed by atoms with Crippen LogP contribution < -0.4 is 0 Å². The van der Waals surface area contributed by atoms with Crippen molar-refractivity contribution < 1.29 is 4.74 Å². The van der Waals surface area contributed by atoms with E-state index in [1.807, 2.05) is 0 Å². The monoisotopic (exact) mass is 113 g/mol. The smallest absolute Gasteiger partial charge is 0.126 e. The van der Waals surface area contributed by atoms with Crippen molar-refractivity contribution >= 4 is 0 Å². The van der Waals surface area contributed by atoms with E-state index < -0.39 is 0 Å². The zero-order chi connectivity index (χ0) is 5.56. The maximum absolute atomic E-state index is 5.39. The molecule has 2 aliphatic rings. The summed E-state index contributed by atoms with van der Waals surface area (Å²) >= 11 is 0. The average molecular weight is 113 g/mol. The van der Waals surface area contributed by atoms with Crippen molar-refractivity contribution in [3.05, 3.63) is 0 Å². The molecule has 0 aromatic carbocycles. The van der Waals surface area contributed by atoms with E-state index in [1.54, 1.807) is 0 Å². The van der Waals surface area contributed by atoms with E-state index in [2.05, 4.69) is 11.9 Å². The van der Waals surface area contributed by atoms with Gasteiger partial charge >= 0.3 is 0 Å². The highest BCUT2D eigenvalue weighted by Crippen LogP contribution is 2.33. The molecule has 0 spiro atoms. The zero-order valence-electron chi connectivity index (χ0n) is 5.13. The molecule has 0 radical (unpaired) electrons. The molecule has 3 unspecified atom stereocenters. The van der Waals surface area contributed by atoms with Crippen molar-refractivity contribution in [3.8, 4) is 0 Å². The first-order chi connectivity index (χ1) is 3.89. The number of likely N-dealkylation sites (N-methyl/N-ethyl adjacent to an activating group) is 1. The molecule has 2 rings (SSSR count). The Morgan fingerprint density at radius 1 is 1.62 bits per heavy atom. The lowest BCUT2D eigenvalue weighted by atomic mass is 10.2. The quantitative estimate of drug-likeness (QED) is 0.422. The lowest BCUT2D eigenvalue weighted by Gasteiger charge is -2.04. The second-order valence-electron chi connectivity index (χ2n) is 2.64. The Labute approximate surface area is 49.4 Å². The number of rotatable bonds is 0. The van der Waals surface area contributed by atoms with Gasteiger partial charge in [0.1, 0.15) is 6.23 Å². The van der Waals surface area contributed by atoms with Gasteiger partial charge in [0.15, 0.2) is 0 Å². The van der Waals surface area contributed by atoms with Crippen molar-refractivity contribution in [1.82, 2.24) is 4.90 Å². The fourth-order valence-electron chi connectivity index (χ4n) is 1.44. The van der Waals surface area contributed by atoms with Gasteiger partial charge < -0.3 is 4.74 Å². The summed E-state index contributed by atoms with van der Waals surface area (Å²) in [6.45, 7) is 0.978. The van der Waals surface area contributed by atoms with Gasteiger partial charge in [0.05, 0.1) is 6.04 Å². The molecule has 8 heavy (non-hydrogen) atoms. The fraction of sp³-hybridized carbons (Fsp3) is 1.00. The topological polar surface area (TPSA) is 12.2 Å². The van der Waals surface area contributed by atoms with Crippen LogP contribution in [0.15, 0.2) is 0 Å². The van der Waals surface area contributed by atoms with Gasteiger partial charge in [0.25, 0.3) is 0 Å². The van der Waals surface area contributed by atoms with Crippen LogP contribution in [0, 0.1) is 0 Å². The Balaban J connectivity index is 1.97. The molecule has 2 heteroatoms. The molecule has 3 atom stereocenters. The number of ether oxygens (including phenoxy) is 1. The van der Waals surface area contributed by atoms with Gasteiger partial charge in [-0.2, -0.15) is 0 Å². The third kappa shape index (κ3) is 0.501. The molecular weight excluding hydrogens is 102 g/mol. The molecular formula is C6H11NO. The summed E-state index contributed by atoms with van der Waals surface area (Å²) in [6.07, 6.45) is 3.11. The first-order valence-electron chi connectivity index (χ1n) is 3.23. The summed E-state index contributed by atoms with van der Waals surface area (Å²) < 4.78 is 5.39. The van der Waals surface area contributed by atoms with E-state index in [0.29, 0.717) is 6.23 Å². The summed E-state index contributed by atoms with van der Waals surface area (Å²) in [5.74, 6) is 0. The maximum Gasteiger partial charge on any atom is 0.126 e. The van der Waals surface area contributed by atoms with Crippen molar-refractivity contribution in [2.75, 3.05) is 13.7 Å². The normalized spacial score (nSPS) is 52.9. The Hall–Kier alpha value is -0.0800. The lowest BCUT2D eigenvalue weighted by Crippen LogP contribution is -2.08. The summed E-state index contributed by atoms with van der Waals surface area (Å²) in [4.78, 5) is 2.28. The third-order valence-corrected chi connectivity index (χ3v) is 2.10. The molecule has 0 bridgehead atoms. The Morgan fingerprint density at radius 2 is 2.50 bits per heavy atom. The predicted molar refractivity (Wildman–Crippen MR) is 30.5 cm³/mol. The van der Waals surface area contributed by atoms with Crippen molar-refractivity contribution in [2.24, 2.45) is 0 Å². The maximum atomic E-state index is 5.39. The minimum absolute atomic E-state index is 0.503. The Morgan fingerprint density at radius 3 is 3.00 bits per heavy atom. The standard InChI is InChI=1S/C6H11NO/c1-7-5-3-2-4-8-6(5)7/h5-6H,2-4H2,1H3. The minimum atomic E-state index is 0.503. The van der Waals surface area contributed by atoms with Crippen LogP contribution in [0.1, 0.15) is 12.8 Å². The molecule has 0 saturated carbocycles. The second-order valence-corrected chi connectivity index (χ2v) is 2.64. The molecule has 2 fully saturated rings. The van der Waals surface area contributed by atoms with Gasteiger partial charge in [-0.3, -0.25) is 4.90 Å². The van der Waals surface area contributed by atoms with Crippen LogP contribution in [0.3, 0.4) is 0 Å². The van der Waals surface area contributed by atoms with Crippen molar-refractivity contribution in [2.45, 2.75) is 25.1 Å². The number of nitrogens with zero attached hydrogens (tertiary/aromatic N) is 1. The van der Waals surface area contributed by atoms with Crippen molar-refractivity contribution in [3.63, 3.8) is 0 Å². The summed E-state index contributed by atoms with van der Waals surface area (Å²) in [5, 5.41) is 0. The van der Waals surface area contributed by atoms with Gasteiger partial charge in [-0.05, 0) is 19.9 Å². The first kappa shape index (κ1) is 4.77. The van der Waals surface area contributed by atoms with Crippen LogP contribution in [0.25, 0.3) is 0 Å². The third-order valence-electron chi connectivity index (χ3n) is 2.10. The van der Waals surface area contributed by atoms with Crippen LogP contribution in [-0.4, -0.2) is 30.8 Å². The fourth-order valence-corrected chi connectivity index (χ4v) is 1.44. The van der Waals surface area contributed by atoms with E-state index >= 15 is 0 Å². The highest BCUT2D eigenvalue weighted by atomic mass is 16.5. The largest absolute Gasteiger partial charge is 0.361 e. The lowest BCUT2D eigenvalue weighted by molar-refractivity contribution is 0.0724. The number of hydrogen-bond acceptors (Lipinski definition) is 2. The summed E-state index contributed by atoms with van der Waals surface area (Å²) in [6, 6.07) is 0.781.